The van der Waals surface area contributed by atoms with E-state index in [4.69, 9.17) is 5.73 Å². The van der Waals surface area contributed by atoms with E-state index in [0.29, 0.717) is 6.54 Å². The third-order valence-corrected chi connectivity index (χ3v) is 5.41. The summed E-state index contributed by atoms with van der Waals surface area (Å²) in [7, 11) is 2.17. The van der Waals surface area contributed by atoms with Gasteiger partial charge in [0.05, 0.1) is 5.41 Å². The number of likely N-dealkylation sites (N-methyl/N-ethyl adjacent to an activating group) is 1. The summed E-state index contributed by atoms with van der Waals surface area (Å²) in [6, 6.07) is 8.19. The molecule has 27 heavy (non-hydrogen) atoms. The van der Waals surface area contributed by atoms with Gasteiger partial charge < -0.3 is 16.0 Å². The molecule has 1 amide bonds. The standard InChI is InChI=1S/C19H32N4O.3ClH/c1-4-19(5-2,15-20)18(24)21-17-8-6-7-16(13-17)14-23-11-9-22(3)10-12-23;;;/h6-8,13H,4-5,9-12,14-15,20H2,1-3H3,(H,21,24);3*1H. The van der Waals surface area contributed by atoms with Crippen LogP contribution in [0.25, 0.3) is 0 Å². The molecule has 5 nitrogen and oxygen atoms in total. The Morgan fingerprint density at radius 1 is 1.11 bits per heavy atom. The zero-order valence-corrected chi connectivity index (χ0v) is 19.0. The first-order valence-corrected chi connectivity index (χ1v) is 9.04. The number of hydrogen-bond donors (Lipinski definition) is 2. The lowest BCUT2D eigenvalue weighted by Gasteiger charge is -2.32. The van der Waals surface area contributed by atoms with Gasteiger partial charge in [0.25, 0.3) is 0 Å². The fraction of sp³-hybridized carbons (Fsp3) is 0.632. The van der Waals surface area contributed by atoms with Crippen LogP contribution in [0.4, 0.5) is 5.69 Å². The fourth-order valence-corrected chi connectivity index (χ4v) is 3.23. The van der Waals surface area contributed by atoms with Gasteiger partial charge in [-0.15, -0.1) is 37.2 Å². The molecule has 0 unspecified atom stereocenters. The van der Waals surface area contributed by atoms with Gasteiger partial charge in [0.2, 0.25) is 5.91 Å². The normalized spacial score (nSPS) is 15.1. The number of hydrogen-bond acceptors (Lipinski definition) is 4. The van der Waals surface area contributed by atoms with Gasteiger partial charge in [-0.1, -0.05) is 26.0 Å². The Morgan fingerprint density at radius 3 is 2.22 bits per heavy atom. The molecule has 0 bridgehead atoms. The minimum Gasteiger partial charge on any atom is -0.329 e. The smallest absolute Gasteiger partial charge is 0.231 e. The average Bonchev–Trinajstić information content (AvgIpc) is 2.59. The van der Waals surface area contributed by atoms with Gasteiger partial charge in [-0.3, -0.25) is 9.69 Å². The predicted molar refractivity (Wildman–Crippen MR) is 122 cm³/mol. The lowest BCUT2D eigenvalue weighted by molar-refractivity contribution is -0.125. The molecule has 0 aromatic heterocycles. The fourth-order valence-electron chi connectivity index (χ4n) is 3.23. The van der Waals surface area contributed by atoms with Crippen molar-refractivity contribution >= 4 is 48.8 Å². The van der Waals surface area contributed by atoms with Crippen molar-refractivity contribution in [1.82, 2.24) is 9.80 Å². The molecule has 1 aliphatic heterocycles. The topological polar surface area (TPSA) is 61.6 Å². The van der Waals surface area contributed by atoms with Crippen LogP contribution in [0.1, 0.15) is 32.3 Å². The van der Waals surface area contributed by atoms with Crippen molar-refractivity contribution in [3.8, 4) is 0 Å². The first-order chi connectivity index (χ1) is 11.5. The molecule has 1 aromatic rings. The van der Waals surface area contributed by atoms with Crippen LogP contribution in [0.2, 0.25) is 0 Å². The summed E-state index contributed by atoms with van der Waals surface area (Å²) in [5.74, 6) is 0.0340. The van der Waals surface area contributed by atoms with Crippen LogP contribution in [0.5, 0.6) is 0 Å². The molecule has 1 aromatic carbocycles. The average molecular weight is 442 g/mol. The molecule has 1 aliphatic rings. The Kier molecular flexibility index (Phi) is 14.4. The van der Waals surface area contributed by atoms with E-state index in [-0.39, 0.29) is 43.1 Å². The number of carbonyl (C=O) groups is 1. The van der Waals surface area contributed by atoms with E-state index in [2.05, 4.69) is 34.3 Å². The van der Waals surface area contributed by atoms with Crippen molar-refractivity contribution in [2.24, 2.45) is 11.1 Å². The molecule has 1 heterocycles. The highest BCUT2D eigenvalue weighted by Crippen LogP contribution is 2.27. The molecule has 0 saturated carbocycles. The SMILES string of the molecule is CCC(CC)(CN)C(=O)Nc1cccc(CN2CCN(C)CC2)c1.Cl.Cl.Cl. The van der Waals surface area contributed by atoms with Crippen molar-refractivity contribution < 1.29 is 4.79 Å². The summed E-state index contributed by atoms with van der Waals surface area (Å²) in [5, 5.41) is 3.07. The summed E-state index contributed by atoms with van der Waals surface area (Å²) in [6.45, 7) is 9.78. The van der Waals surface area contributed by atoms with E-state index in [1.807, 2.05) is 26.0 Å². The Hall–Kier alpha value is -0.560. The number of benzene rings is 1. The molecular formula is C19H35Cl3N4O. The van der Waals surface area contributed by atoms with Gasteiger partial charge in [0, 0.05) is 45.0 Å². The number of halogens is 3. The van der Waals surface area contributed by atoms with E-state index < -0.39 is 5.41 Å². The van der Waals surface area contributed by atoms with Crippen LogP contribution >= 0.6 is 37.2 Å². The Balaban J connectivity index is 0. The molecule has 8 heteroatoms. The van der Waals surface area contributed by atoms with E-state index >= 15 is 0 Å². The Labute approximate surface area is 182 Å². The number of nitrogens with two attached hydrogens (primary N) is 1. The van der Waals surface area contributed by atoms with Crippen molar-refractivity contribution in [2.45, 2.75) is 33.2 Å². The van der Waals surface area contributed by atoms with Crippen molar-refractivity contribution in [2.75, 3.05) is 45.1 Å². The lowest BCUT2D eigenvalue weighted by atomic mass is 9.81. The number of nitrogens with one attached hydrogen (secondary N) is 1. The van der Waals surface area contributed by atoms with Crippen LogP contribution in [-0.2, 0) is 11.3 Å². The maximum Gasteiger partial charge on any atom is 0.231 e. The Bertz CT molecular complexity index is 539. The number of nitrogens with zero attached hydrogens (tertiary/aromatic N) is 2. The molecule has 0 aliphatic carbocycles. The van der Waals surface area contributed by atoms with Gasteiger partial charge in [0.1, 0.15) is 0 Å². The van der Waals surface area contributed by atoms with Gasteiger partial charge in [0.15, 0.2) is 0 Å². The third-order valence-electron chi connectivity index (χ3n) is 5.41. The molecule has 158 valence electrons. The van der Waals surface area contributed by atoms with E-state index in [0.717, 1.165) is 51.3 Å². The van der Waals surface area contributed by atoms with Gasteiger partial charge in [-0.2, -0.15) is 0 Å². The molecule has 0 atom stereocenters. The van der Waals surface area contributed by atoms with Gasteiger partial charge in [-0.05, 0) is 37.6 Å². The molecule has 3 N–H and O–H groups in total. The summed E-state index contributed by atoms with van der Waals surface area (Å²) in [4.78, 5) is 17.5. The summed E-state index contributed by atoms with van der Waals surface area (Å²) >= 11 is 0. The highest BCUT2D eigenvalue weighted by molar-refractivity contribution is 5.95. The number of rotatable bonds is 7. The Morgan fingerprint density at radius 2 is 1.70 bits per heavy atom. The van der Waals surface area contributed by atoms with E-state index in [9.17, 15) is 4.79 Å². The molecule has 1 fully saturated rings. The van der Waals surface area contributed by atoms with Crippen molar-refractivity contribution in [1.29, 1.82) is 0 Å². The molecule has 0 spiro atoms. The van der Waals surface area contributed by atoms with Crippen molar-refractivity contribution in [3.05, 3.63) is 29.8 Å². The highest BCUT2D eigenvalue weighted by atomic mass is 35.5. The molecule has 2 rings (SSSR count). The lowest BCUT2D eigenvalue weighted by Crippen LogP contribution is -2.43. The molecular weight excluding hydrogens is 407 g/mol. The summed E-state index contributed by atoms with van der Waals surface area (Å²) in [6.07, 6.45) is 1.51. The predicted octanol–water partition coefficient (Wildman–Crippen LogP) is 3.40. The maximum atomic E-state index is 12.7. The first-order valence-electron chi connectivity index (χ1n) is 9.04. The van der Waals surface area contributed by atoms with Gasteiger partial charge >= 0.3 is 0 Å². The number of piperazine rings is 1. The van der Waals surface area contributed by atoms with Crippen LogP contribution in [0.15, 0.2) is 24.3 Å². The van der Waals surface area contributed by atoms with E-state index in [1.54, 1.807) is 0 Å². The first kappa shape index (κ1) is 28.6. The molecule has 1 saturated heterocycles. The molecule has 0 radical (unpaired) electrons. The largest absolute Gasteiger partial charge is 0.329 e. The van der Waals surface area contributed by atoms with Crippen LogP contribution < -0.4 is 11.1 Å². The summed E-state index contributed by atoms with van der Waals surface area (Å²) < 4.78 is 0. The van der Waals surface area contributed by atoms with Crippen LogP contribution in [0, 0.1) is 5.41 Å². The zero-order chi connectivity index (χ0) is 17.6. The van der Waals surface area contributed by atoms with Gasteiger partial charge in [-0.25, -0.2) is 0 Å². The van der Waals surface area contributed by atoms with Crippen molar-refractivity contribution in [3.63, 3.8) is 0 Å². The monoisotopic (exact) mass is 440 g/mol. The second-order valence-corrected chi connectivity index (χ2v) is 6.93. The van der Waals surface area contributed by atoms with Crippen LogP contribution in [0.3, 0.4) is 0 Å². The van der Waals surface area contributed by atoms with Crippen LogP contribution in [-0.4, -0.2) is 55.5 Å². The second-order valence-electron chi connectivity index (χ2n) is 6.93. The van der Waals surface area contributed by atoms with E-state index in [1.165, 1.54) is 5.56 Å². The third kappa shape index (κ3) is 7.76. The second kappa shape index (κ2) is 13.6. The quantitative estimate of drug-likeness (QED) is 0.681. The zero-order valence-electron chi connectivity index (χ0n) is 16.6. The maximum absolute atomic E-state index is 12.7. The number of carbonyl (C=O) groups excluding carboxylic acids is 1. The number of anilines is 1. The minimum absolute atomic E-state index is 0. The summed E-state index contributed by atoms with van der Waals surface area (Å²) in [5.41, 5.74) is 7.52. The minimum atomic E-state index is -0.465. The highest BCUT2D eigenvalue weighted by Gasteiger charge is 2.33. The number of amides is 1.